The highest BCUT2D eigenvalue weighted by atomic mass is 32.2. The molecule has 0 fully saturated rings. The molecule has 0 spiro atoms. The number of nitrogens with zero attached hydrogens (tertiary/aromatic N) is 2. The molecule has 0 saturated heterocycles. The SMILES string of the molecule is Cc1cccc(S(=O)(=O)N2C[C@H](CCC(=O)O)Oc3ccc(/C=C/c4cn[nH]c4C(F)(F)F)cc32)c1. The van der Waals surface area contributed by atoms with Gasteiger partial charge in [-0.25, -0.2) is 8.42 Å². The number of carbonyl (C=O) groups is 1. The smallest absolute Gasteiger partial charge is 0.433 e. The second-order valence-corrected chi connectivity index (χ2v) is 10.1. The van der Waals surface area contributed by atoms with Crippen LogP contribution in [0.5, 0.6) is 5.75 Å². The number of nitrogens with one attached hydrogen (secondary N) is 1. The molecule has 2 N–H and O–H groups in total. The predicted molar refractivity (Wildman–Crippen MR) is 126 cm³/mol. The first-order valence-electron chi connectivity index (χ1n) is 10.9. The number of carboxylic acid groups (broad SMARTS) is 1. The van der Waals surface area contributed by atoms with Crippen LogP contribution in [0, 0.1) is 6.92 Å². The maximum absolute atomic E-state index is 13.6. The van der Waals surface area contributed by atoms with Gasteiger partial charge in [0.25, 0.3) is 10.0 Å². The molecule has 12 heteroatoms. The summed E-state index contributed by atoms with van der Waals surface area (Å²) >= 11 is 0. The average Bonchev–Trinajstić information content (AvgIpc) is 3.30. The van der Waals surface area contributed by atoms with Crippen molar-refractivity contribution in [2.75, 3.05) is 10.8 Å². The van der Waals surface area contributed by atoms with Gasteiger partial charge >= 0.3 is 12.1 Å². The summed E-state index contributed by atoms with van der Waals surface area (Å²) in [4.78, 5) is 11.1. The molecule has 0 aliphatic carbocycles. The van der Waals surface area contributed by atoms with Crippen molar-refractivity contribution in [1.29, 1.82) is 0 Å². The third-order valence-electron chi connectivity index (χ3n) is 5.58. The first-order valence-corrected chi connectivity index (χ1v) is 12.3. The molecule has 190 valence electrons. The van der Waals surface area contributed by atoms with E-state index in [1.165, 1.54) is 36.4 Å². The number of H-pyrrole nitrogens is 1. The number of rotatable bonds is 7. The minimum atomic E-state index is -4.61. The summed E-state index contributed by atoms with van der Waals surface area (Å²) in [6, 6.07) is 11.0. The van der Waals surface area contributed by atoms with Gasteiger partial charge in [-0.3, -0.25) is 14.2 Å². The van der Waals surface area contributed by atoms with Gasteiger partial charge in [-0.15, -0.1) is 0 Å². The number of hydrogen-bond donors (Lipinski definition) is 2. The summed E-state index contributed by atoms with van der Waals surface area (Å²) in [6.45, 7) is 1.64. The highest BCUT2D eigenvalue weighted by molar-refractivity contribution is 7.92. The molecule has 1 aliphatic heterocycles. The summed E-state index contributed by atoms with van der Waals surface area (Å²) in [6.07, 6.45) is -1.73. The quantitative estimate of drug-likeness (QED) is 0.465. The summed E-state index contributed by atoms with van der Waals surface area (Å²) in [5.41, 5.74) is 0.206. The zero-order valence-electron chi connectivity index (χ0n) is 19.0. The van der Waals surface area contributed by atoms with Crippen molar-refractivity contribution in [1.82, 2.24) is 10.2 Å². The Kier molecular flexibility index (Phi) is 6.81. The van der Waals surface area contributed by atoms with Gasteiger partial charge in [0, 0.05) is 12.0 Å². The van der Waals surface area contributed by atoms with Crippen molar-refractivity contribution in [3.8, 4) is 5.75 Å². The van der Waals surface area contributed by atoms with Gasteiger partial charge in [0.05, 0.1) is 23.3 Å². The number of carboxylic acids is 1. The molecular weight excluding hydrogens is 499 g/mol. The van der Waals surface area contributed by atoms with Crippen molar-refractivity contribution in [3.63, 3.8) is 0 Å². The van der Waals surface area contributed by atoms with Crippen molar-refractivity contribution in [2.24, 2.45) is 0 Å². The molecule has 36 heavy (non-hydrogen) atoms. The first-order chi connectivity index (χ1) is 16.9. The Labute approximate surface area is 205 Å². The third-order valence-corrected chi connectivity index (χ3v) is 7.36. The van der Waals surface area contributed by atoms with Crippen molar-refractivity contribution < 1.29 is 36.2 Å². The van der Waals surface area contributed by atoms with Crippen molar-refractivity contribution in [2.45, 2.75) is 36.9 Å². The fourth-order valence-corrected chi connectivity index (χ4v) is 5.44. The van der Waals surface area contributed by atoms with Gasteiger partial charge in [0.1, 0.15) is 17.5 Å². The van der Waals surface area contributed by atoms with Crippen LogP contribution in [0.4, 0.5) is 18.9 Å². The summed E-state index contributed by atoms with van der Waals surface area (Å²) < 4.78 is 73.6. The number of aromatic amines is 1. The van der Waals surface area contributed by atoms with Gasteiger partial charge in [-0.1, -0.05) is 30.4 Å². The van der Waals surface area contributed by atoms with E-state index in [-0.39, 0.29) is 41.3 Å². The van der Waals surface area contributed by atoms with E-state index in [2.05, 4.69) is 5.10 Å². The number of anilines is 1. The monoisotopic (exact) mass is 521 g/mol. The molecule has 0 radical (unpaired) electrons. The number of benzene rings is 2. The highest BCUT2D eigenvalue weighted by Gasteiger charge is 2.36. The summed E-state index contributed by atoms with van der Waals surface area (Å²) in [5.74, 6) is -0.806. The van der Waals surface area contributed by atoms with Crippen molar-refractivity contribution >= 4 is 33.8 Å². The van der Waals surface area contributed by atoms with Crippen LogP contribution < -0.4 is 9.04 Å². The Balaban J connectivity index is 1.73. The average molecular weight is 522 g/mol. The van der Waals surface area contributed by atoms with Crippen LogP contribution in [0.1, 0.15) is 35.2 Å². The molecule has 1 aliphatic rings. The second-order valence-electron chi connectivity index (χ2n) is 8.28. The van der Waals surface area contributed by atoms with Gasteiger partial charge in [-0.05, 0) is 48.7 Å². The molecule has 2 heterocycles. The Bertz CT molecular complexity index is 1420. The topological polar surface area (TPSA) is 113 Å². The number of ether oxygens (including phenoxy) is 1. The first kappa shape index (κ1) is 25.3. The zero-order valence-corrected chi connectivity index (χ0v) is 19.8. The van der Waals surface area contributed by atoms with Crippen molar-refractivity contribution in [3.05, 3.63) is 71.0 Å². The Morgan fingerprint density at radius 3 is 2.72 bits per heavy atom. The molecule has 2 aromatic carbocycles. The fourth-order valence-electron chi connectivity index (χ4n) is 3.83. The van der Waals surface area contributed by atoms with E-state index in [0.717, 1.165) is 16.1 Å². The molecule has 8 nitrogen and oxygen atoms in total. The van der Waals surface area contributed by atoms with E-state index in [1.807, 2.05) is 5.10 Å². The maximum atomic E-state index is 13.6. The van der Waals surface area contributed by atoms with Crippen LogP contribution in [-0.4, -0.2) is 42.3 Å². The van der Waals surface area contributed by atoms with E-state index < -0.39 is 34.0 Å². The lowest BCUT2D eigenvalue weighted by Gasteiger charge is -2.35. The molecule has 3 aromatic rings. The molecule has 0 amide bonds. The normalized spacial score (nSPS) is 16.1. The summed E-state index contributed by atoms with van der Waals surface area (Å²) in [7, 11) is -4.05. The Hall–Kier alpha value is -3.80. The largest absolute Gasteiger partial charge is 0.486 e. The van der Waals surface area contributed by atoms with E-state index in [9.17, 15) is 26.4 Å². The van der Waals surface area contributed by atoms with E-state index in [4.69, 9.17) is 9.84 Å². The summed E-state index contributed by atoms with van der Waals surface area (Å²) in [5, 5.41) is 14.4. The van der Waals surface area contributed by atoms with Crippen LogP contribution in [0.3, 0.4) is 0 Å². The lowest BCUT2D eigenvalue weighted by molar-refractivity contribution is -0.141. The standard InChI is InChI=1S/C24H22F3N3O5S/c1-15-3-2-4-19(11-15)36(33,34)30-14-18(8-10-22(31)32)35-21-9-6-16(12-20(21)30)5-7-17-13-28-29-23(17)24(25,26)27/h2-7,9,11-13,18H,8,10,14H2,1H3,(H,28,29)(H,31,32)/b7-5+/t18-/m0/s1. The lowest BCUT2D eigenvalue weighted by atomic mass is 10.1. The predicted octanol–water partition coefficient (Wildman–Crippen LogP) is 4.73. The number of sulfonamides is 1. The van der Waals surface area contributed by atoms with Gasteiger partial charge < -0.3 is 9.84 Å². The third kappa shape index (κ3) is 5.38. The second kappa shape index (κ2) is 9.69. The minimum Gasteiger partial charge on any atom is -0.486 e. The maximum Gasteiger partial charge on any atom is 0.433 e. The van der Waals surface area contributed by atoms with Crippen LogP contribution in [0.25, 0.3) is 12.2 Å². The molecular formula is C24H22F3N3O5S. The number of alkyl halides is 3. The number of fused-ring (bicyclic) bond motifs is 1. The van der Waals surface area contributed by atoms with Gasteiger partial charge in [-0.2, -0.15) is 18.3 Å². The Morgan fingerprint density at radius 1 is 1.25 bits per heavy atom. The Morgan fingerprint density at radius 2 is 2.03 bits per heavy atom. The van der Waals surface area contributed by atoms with E-state index >= 15 is 0 Å². The minimum absolute atomic E-state index is 0.0569. The molecule has 4 rings (SSSR count). The zero-order chi connectivity index (χ0) is 26.1. The van der Waals surface area contributed by atoms with E-state index in [0.29, 0.717) is 5.56 Å². The van der Waals surface area contributed by atoms with E-state index in [1.54, 1.807) is 25.1 Å². The fraction of sp³-hybridized carbons (Fsp3) is 0.250. The molecule has 1 atom stereocenters. The highest BCUT2D eigenvalue weighted by Crippen LogP contribution is 2.39. The number of hydrogen-bond acceptors (Lipinski definition) is 5. The van der Waals surface area contributed by atoms with Gasteiger partial charge in [0.15, 0.2) is 0 Å². The van der Waals surface area contributed by atoms with Crippen LogP contribution in [-0.2, 0) is 21.0 Å². The van der Waals surface area contributed by atoms with Crippen LogP contribution >= 0.6 is 0 Å². The number of aliphatic carboxylic acids is 1. The molecule has 0 unspecified atom stereocenters. The van der Waals surface area contributed by atoms with Crippen LogP contribution in [0.2, 0.25) is 0 Å². The number of halogens is 3. The number of aromatic nitrogens is 2. The van der Waals surface area contributed by atoms with Crippen LogP contribution in [0.15, 0.2) is 53.6 Å². The molecule has 0 bridgehead atoms. The van der Waals surface area contributed by atoms with Gasteiger partial charge in [0.2, 0.25) is 0 Å². The number of aryl methyl sites for hydroxylation is 1. The lowest BCUT2D eigenvalue weighted by Crippen LogP contribution is -2.43. The molecule has 1 aromatic heterocycles. The molecule has 0 saturated carbocycles.